The van der Waals surface area contributed by atoms with Crippen molar-refractivity contribution in [2.45, 2.75) is 20.3 Å². The van der Waals surface area contributed by atoms with Gasteiger partial charge in [0.05, 0.1) is 5.92 Å². The third-order valence-corrected chi connectivity index (χ3v) is 2.40. The van der Waals surface area contributed by atoms with E-state index in [0.29, 0.717) is 6.42 Å². The number of aryl methyl sites for hydroxylation is 2. The summed E-state index contributed by atoms with van der Waals surface area (Å²) in [5.41, 5.74) is 8.78. The number of hydrogen-bond donors (Lipinski definition) is 2. The van der Waals surface area contributed by atoms with Crippen LogP contribution in [-0.2, 0) is 11.2 Å². The highest BCUT2D eigenvalue weighted by Gasteiger charge is 2.15. The number of carboxylic acids is 1. The normalized spacial score (nSPS) is 11.7. The van der Waals surface area contributed by atoms with Crippen LogP contribution in [0.3, 0.4) is 0 Å². The second kappa shape index (κ2) is 6.51. The summed E-state index contributed by atoms with van der Waals surface area (Å²) in [6.07, 6.45) is 0.508. The average molecular weight is 244 g/mol. The minimum atomic E-state index is -0.823. The molecule has 0 aliphatic carbocycles. The van der Waals surface area contributed by atoms with Crippen molar-refractivity contribution in [3.63, 3.8) is 0 Å². The van der Waals surface area contributed by atoms with Crippen LogP contribution < -0.4 is 5.73 Å². The molecule has 3 nitrogen and oxygen atoms in total. The standard InChI is InChI=1S/C12H17NO2.ClH/c1-8-3-9(2)5-10(4-8)6-11(7-13)12(14)15;/h3-5,11H,6-7,13H2,1-2H3,(H,14,15);1H/t11-;/m0./s1. The first kappa shape index (κ1) is 14.9. The summed E-state index contributed by atoms with van der Waals surface area (Å²) in [6, 6.07) is 6.10. The maximum Gasteiger partial charge on any atom is 0.308 e. The molecular weight excluding hydrogens is 226 g/mol. The summed E-state index contributed by atoms with van der Waals surface area (Å²) in [4.78, 5) is 10.8. The van der Waals surface area contributed by atoms with E-state index in [0.717, 1.165) is 16.7 Å². The second-order valence-corrected chi connectivity index (χ2v) is 3.97. The van der Waals surface area contributed by atoms with Crippen molar-refractivity contribution >= 4 is 18.4 Å². The Morgan fingerprint density at radius 1 is 1.31 bits per heavy atom. The monoisotopic (exact) mass is 243 g/mol. The smallest absolute Gasteiger partial charge is 0.308 e. The molecule has 1 atom stereocenters. The van der Waals surface area contributed by atoms with Crippen molar-refractivity contribution in [1.29, 1.82) is 0 Å². The number of nitrogens with two attached hydrogens (primary N) is 1. The molecule has 1 rings (SSSR count). The number of benzene rings is 1. The van der Waals surface area contributed by atoms with Crippen molar-refractivity contribution in [2.75, 3.05) is 6.54 Å². The van der Waals surface area contributed by atoms with Gasteiger partial charge in [0.1, 0.15) is 0 Å². The van der Waals surface area contributed by atoms with E-state index in [9.17, 15) is 4.79 Å². The van der Waals surface area contributed by atoms with Gasteiger partial charge >= 0.3 is 5.97 Å². The fraction of sp³-hybridized carbons (Fsp3) is 0.417. The minimum Gasteiger partial charge on any atom is -0.481 e. The lowest BCUT2D eigenvalue weighted by Gasteiger charge is -2.10. The number of aliphatic carboxylic acids is 1. The SMILES string of the molecule is Cc1cc(C)cc(C[C@@H](CN)C(=O)O)c1.Cl. The zero-order valence-electron chi connectivity index (χ0n) is 9.56. The molecule has 3 N–H and O–H groups in total. The third kappa shape index (κ3) is 4.21. The van der Waals surface area contributed by atoms with Crippen molar-refractivity contribution in [3.8, 4) is 0 Å². The molecule has 1 aromatic rings. The maximum atomic E-state index is 10.8. The average Bonchev–Trinajstić information content (AvgIpc) is 2.12. The van der Waals surface area contributed by atoms with Crippen molar-refractivity contribution in [3.05, 3.63) is 34.9 Å². The molecule has 0 fully saturated rings. The van der Waals surface area contributed by atoms with E-state index < -0.39 is 11.9 Å². The van der Waals surface area contributed by atoms with Gasteiger partial charge in [-0.05, 0) is 25.8 Å². The second-order valence-electron chi connectivity index (χ2n) is 3.97. The molecule has 0 aromatic heterocycles. The van der Waals surface area contributed by atoms with Gasteiger partial charge in [-0.15, -0.1) is 12.4 Å². The molecule has 0 spiro atoms. The van der Waals surface area contributed by atoms with Crippen LogP contribution in [0.1, 0.15) is 16.7 Å². The van der Waals surface area contributed by atoms with Crippen LogP contribution in [0.2, 0.25) is 0 Å². The van der Waals surface area contributed by atoms with E-state index in [1.54, 1.807) is 0 Å². The van der Waals surface area contributed by atoms with Gasteiger partial charge in [-0.3, -0.25) is 4.79 Å². The molecule has 0 aliphatic heterocycles. The predicted octanol–water partition coefficient (Wildman–Crippen LogP) is 1.93. The first-order chi connectivity index (χ1) is 7.02. The van der Waals surface area contributed by atoms with Crippen LogP contribution in [0.15, 0.2) is 18.2 Å². The Labute approximate surface area is 102 Å². The summed E-state index contributed by atoms with van der Waals surface area (Å²) >= 11 is 0. The van der Waals surface area contributed by atoms with E-state index in [2.05, 4.69) is 6.07 Å². The third-order valence-electron chi connectivity index (χ3n) is 2.40. The topological polar surface area (TPSA) is 63.3 Å². The quantitative estimate of drug-likeness (QED) is 0.849. The first-order valence-corrected chi connectivity index (χ1v) is 5.03. The molecule has 0 radical (unpaired) electrons. The van der Waals surface area contributed by atoms with Crippen molar-refractivity contribution < 1.29 is 9.90 Å². The Balaban J connectivity index is 0.00000225. The van der Waals surface area contributed by atoms with E-state index in [1.807, 2.05) is 26.0 Å². The fourth-order valence-electron chi connectivity index (χ4n) is 1.74. The number of halogens is 1. The van der Waals surface area contributed by atoms with E-state index in [4.69, 9.17) is 10.8 Å². The van der Waals surface area contributed by atoms with Crippen LogP contribution in [0.5, 0.6) is 0 Å². The van der Waals surface area contributed by atoms with Gasteiger partial charge in [0.15, 0.2) is 0 Å². The lowest BCUT2D eigenvalue weighted by molar-refractivity contribution is -0.141. The summed E-state index contributed by atoms with van der Waals surface area (Å²) < 4.78 is 0. The van der Waals surface area contributed by atoms with Gasteiger partial charge in [-0.25, -0.2) is 0 Å². The van der Waals surface area contributed by atoms with Crippen molar-refractivity contribution in [2.24, 2.45) is 11.7 Å². The Morgan fingerprint density at radius 2 is 1.81 bits per heavy atom. The highest BCUT2D eigenvalue weighted by atomic mass is 35.5. The Morgan fingerprint density at radius 3 is 2.19 bits per heavy atom. The predicted molar refractivity (Wildman–Crippen MR) is 67.0 cm³/mol. The molecular formula is C12H18ClNO2. The van der Waals surface area contributed by atoms with Crippen LogP contribution >= 0.6 is 12.4 Å². The lowest BCUT2D eigenvalue weighted by Crippen LogP contribution is -2.25. The Hall–Kier alpha value is -1.06. The molecule has 16 heavy (non-hydrogen) atoms. The molecule has 4 heteroatoms. The zero-order valence-corrected chi connectivity index (χ0v) is 10.4. The van der Waals surface area contributed by atoms with E-state index in [-0.39, 0.29) is 19.0 Å². The van der Waals surface area contributed by atoms with E-state index >= 15 is 0 Å². The largest absolute Gasteiger partial charge is 0.481 e. The molecule has 1 aromatic carbocycles. The van der Waals surface area contributed by atoms with Gasteiger partial charge < -0.3 is 10.8 Å². The van der Waals surface area contributed by atoms with Gasteiger partial charge in [0.2, 0.25) is 0 Å². The number of hydrogen-bond acceptors (Lipinski definition) is 2. The Kier molecular flexibility index (Phi) is 6.08. The molecule has 0 bridgehead atoms. The van der Waals surface area contributed by atoms with Gasteiger partial charge in [0.25, 0.3) is 0 Å². The van der Waals surface area contributed by atoms with Crippen LogP contribution in [-0.4, -0.2) is 17.6 Å². The highest BCUT2D eigenvalue weighted by Crippen LogP contribution is 2.13. The highest BCUT2D eigenvalue weighted by molar-refractivity contribution is 5.85. The zero-order chi connectivity index (χ0) is 11.4. The molecule has 0 heterocycles. The van der Waals surface area contributed by atoms with Crippen LogP contribution in [0.4, 0.5) is 0 Å². The van der Waals surface area contributed by atoms with Crippen LogP contribution in [0.25, 0.3) is 0 Å². The summed E-state index contributed by atoms with van der Waals surface area (Å²) in [5, 5.41) is 8.89. The van der Waals surface area contributed by atoms with Gasteiger partial charge in [-0.1, -0.05) is 29.3 Å². The summed E-state index contributed by atoms with van der Waals surface area (Å²) in [6.45, 7) is 4.20. The number of rotatable bonds is 4. The molecule has 90 valence electrons. The van der Waals surface area contributed by atoms with Gasteiger partial charge in [0, 0.05) is 6.54 Å². The van der Waals surface area contributed by atoms with Gasteiger partial charge in [-0.2, -0.15) is 0 Å². The fourth-order valence-corrected chi connectivity index (χ4v) is 1.74. The summed E-state index contributed by atoms with van der Waals surface area (Å²) in [7, 11) is 0. The minimum absolute atomic E-state index is 0. The molecule has 0 amide bonds. The molecule has 0 unspecified atom stereocenters. The number of carboxylic acid groups (broad SMARTS) is 1. The van der Waals surface area contributed by atoms with E-state index in [1.165, 1.54) is 0 Å². The summed E-state index contributed by atoms with van der Waals surface area (Å²) in [5.74, 6) is -1.30. The number of carbonyl (C=O) groups is 1. The Bertz CT molecular complexity index is 346. The lowest BCUT2D eigenvalue weighted by atomic mass is 9.97. The molecule has 0 saturated heterocycles. The molecule has 0 saturated carbocycles. The van der Waals surface area contributed by atoms with Crippen LogP contribution in [0, 0.1) is 19.8 Å². The molecule has 0 aliphatic rings. The first-order valence-electron chi connectivity index (χ1n) is 5.03. The van der Waals surface area contributed by atoms with Crippen molar-refractivity contribution in [1.82, 2.24) is 0 Å². The maximum absolute atomic E-state index is 10.8.